The van der Waals surface area contributed by atoms with E-state index in [9.17, 15) is 9.18 Å². The Morgan fingerprint density at radius 1 is 1.50 bits per heavy atom. The van der Waals surface area contributed by atoms with E-state index in [1.54, 1.807) is 12.1 Å². The van der Waals surface area contributed by atoms with Crippen LogP contribution in [0, 0.1) is 11.7 Å². The van der Waals surface area contributed by atoms with Crippen LogP contribution in [0.2, 0.25) is 0 Å². The molecule has 1 aromatic rings. The Morgan fingerprint density at radius 2 is 2.31 bits per heavy atom. The molecule has 1 fully saturated rings. The zero-order chi connectivity index (χ0) is 11.5. The molecule has 1 aromatic carbocycles. The molecule has 16 heavy (non-hydrogen) atoms. The summed E-state index contributed by atoms with van der Waals surface area (Å²) in [5.74, 6) is 0.261. The van der Waals surface area contributed by atoms with Crippen LogP contribution in [-0.2, 0) is 11.3 Å². The lowest BCUT2D eigenvalue weighted by atomic mass is 9.98. The van der Waals surface area contributed by atoms with Crippen molar-refractivity contribution in [1.82, 2.24) is 4.90 Å². The molecule has 0 N–H and O–H groups in total. The molecule has 0 aliphatic carbocycles. The first-order chi connectivity index (χ1) is 7.65. The maximum absolute atomic E-state index is 13.0. The molecule has 86 valence electrons. The predicted octanol–water partition coefficient (Wildman–Crippen LogP) is 2.24. The smallest absolute Gasteiger partial charge is 0.138 e. The van der Waals surface area contributed by atoms with Crippen molar-refractivity contribution in [1.29, 1.82) is 0 Å². The maximum Gasteiger partial charge on any atom is 0.138 e. The fraction of sp³-hybridized carbons (Fsp3) is 0.462. The second-order valence-electron chi connectivity index (χ2n) is 4.48. The van der Waals surface area contributed by atoms with E-state index in [-0.39, 0.29) is 11.7 Å². The Balaban J connectivity index is 1.98. The summed E-state index contributed by atoms with van der Waals surface area (Å²) in [7, 11) is 0. The molecular weight excluding hydrogens is 205 g/mol. The van der Waals surface area contributed by atoms with Gasteiger partial charge in [-0.3, -0.25) is 9.69 Å². The minimum absolute atomic E-state index is 0.113. The summed E-state index contributed by atoms with van der Waals surface area (Å²) in [5, 5.41) is 0. The van der Waals surface area contributed by atoms with Gasteiger partial charge >= 0.3 is 0 Å². The second kappa shape index (κ2) is 4.74. The second-order valence-corrected chi connectivity index (χ2v) is 4.48. The van der Waals surface area contributed by atoms with Crippen LogP contribution in [0.4, 0.5) is 4.39 Å². The summed E-state index contributed by atoms with van der Waals surface area (Å²) in [6.45, 7) is 4.27. The van der Waals surface area contributed by atoms with Crippen molar-refractivity contribution in [2.45, 2.75) is 19.9 Å². The molecule has 1 heterocycles. The van der Waals surface area contributed by atoms with E-state index in [0.29, 0.717) is 12.2 Å². The number of likely N-dealkylation sites (tertiary alicyclic amines) is 1. The minimum Gasteiger partial charge on any atom is -0.299 e. The molecule has 1 aliphatic rings. The fourth-order valence-electron chi connectivity index (χ4n) is 2.13. The van der Waals surface area contributed by atoms with Crippen LogP contribution in [0.3, 0.4) is 0 Å². The molecule has 0 spiro atoms. The third-order valence-corrected chi connectivity index (χ3v) is 3.05. The molecule has 1 unspecified atom stereocenters. The average Bonchev–Trinajstić information content (AvgIpc) is 2.24. The first-order valence-corrected chi connectivity index (χ1v) is 5.64. The zero-order valence-electron chi connectivity index (χ0n) is 9.45. The molecule has 0 amide bonds. The molecular formula is C13H16FNO. The third-order valence-electron chi connectivity index (χ3n) is 3.05. The van der Waals surface area contributed by atoms with E-state index in [0.717, 1.165) is 25.2 Å². The fourth-order valence-corrected chi connectivity index (χ4v) is 2.13. The quantitative estimate of drug-likeness (QED) is 0.763. The number of piperidine rings is 1. The molecule has 2 rings (SSSR count). The highest BCUT2D eigenvalue weighted by atomic mass is 19.1. The van der Waals surface area contributed by atoms with Gasteiger partial charge in [-0.25, -0.2) is 4.39 Å². The Bertz CT molecular complexity index is 391. The number of carbonyl (C=O) groups excluding carboxylic acids is 1. The van der Waals surface area contributed by atoms with Gasteiger partial charge in [0.1, 0.15) is 11.6 Å². The van der Waals surface area contributed by atoms with Gasteiger partial charge in [-0.1, -0.05) is 19.1 Å². The molecule has 1 saturated heterocycles. The minimum atomic E-state index is -0.196. The predicted molar refractivity (Wildman–Crippen MR) is 60.5 cm³/mol. The van der Waals surface area contributed by atoms with Crippen LogP contribution >= 0.6 is 0 Å². The maximum atomic E-state index is 13.0. The Labute approximate surface area is 95.1 Å². The lowest BCUT2D eigenvalue weighted by Gasteiger charge is -2.29. The molecule has 3 heteroatoms. The van der Waals surface area contributed by atoms with Crippen molar-refractivity contribution in [3.8, 4) is 0 Å². The van der Waals surface area contributed by atoms with Crippen LogP contribution in [0.1, 0.15) is 18.9 Å². The highest BCUT2D eigenvalue weighted by molar-refractivity contribution is 5.81. The lowest BCUT2D eigenvalue weighted by Crippen LogP contribution is -2.39. The summed E-state index contributed by atoms with van der Waals surface area (Å²) in [6, 6.07) is 6.65. The van der Waals surface area contributed by atoms with Crippen LogP contribution < -0.4 is 0 Å². The largest absolute Gasteiger partial charge is 0.299 e. The van der Waals surface area contributed by atoms with Crippen molar-refractivity contribution in [3.63, 3.8) is 0 Å². The van der Waals surface area contributed by atoms with Gasteiger partial charge in [-0.05, 0) is 17.7 Å². The molecule has 0 radical (unpaired) electrons. The Morgan fingerprint density at radius 3 is 3.00 bits per heavy atom. The summed E-state index contributed by atoms with van der Waals surface area (Å²) >= 11 is 0. The molecule has 1 atom stereocenters. The zero-order valence-corrected chi connectivity index (χ0v) is 9.45. The monoisotopic (exact) mass is 221 g/mol. The number of ketones is 1. The van der Waals surface area contributed by atoms with Gasteiger partial charge in [0.05, 0.1) is 0 Å². The van der Waals surface area contributed by atoms with Gasteiger partial charge in [0.25, 0.3) is 0 Å². The van der Waals surface area contributed by atoms with Crippen LogP contribution in [0.25, 0.3) is 0 Å². The van der Waals surface area contributed by atoms with Gasteiger partial charge in [-0.15, -0.1) is 0 Å². The number of hydrogen-bond donors (Lipinski definition) is 0. The number of halogens is 1. The highest BCUT2D eigenvalue weighted by Crippen LogP contribution is 2.15. The SMILES string of the molecule is CC1CN(Cc2cccc(F)c2)CCC1=O. The van der Waals surface area contributed by atoms with Crippen LogP contribution in [0.15, 0.2) is 24.3 Å². The van der Waals surface area contributed by atoms with Crippen molar-refractivity contribution < 1.29 is 9.18 Å². The van der Waals surface area contributed by atoms with Gasteiger partial charge in [0.2, 0.25) is 0 Å². The normalized spacial score (nSPS) is 22.4. The summed E-state index contributed by atoms with van der Waals surface area (Å²) in [4.78, 5) is 13.6. The summed E-state index contributed by atoms with van der Waals surface area (Å²) in [6.07, 6.45) is 0.622. The molecule has 2 nitrogen and oxygen atoms in total. The van der Waals surface area contributed by atoms with E-state index < -0.39 is 0 Å². The Hall–Kier alpha value is -1.22. The highest BCUT2D eigenvalue weighted by Gasteiger charge is 2.23. The van der Waals surface area contributed by atoms with E-state index >= 15 is 0 Å². The Kier molecular flexibility index (Phi) is 3.34. The number of Topliss-reactive ketones (excluding diaryl/α,β-unsaturated/α-hetero) is 1. The number of hydrogen-bond acceptors (Lipinski definition) is 2. The van der Waals surface area contributed by atoms with Crippen molar-refractivity contribution in [3.05, 3.63) is 35.6 Å². The third kappa shape index (κ3) is 2.67. The van der Waals surface area contributed by atoms with Gasteiger partial charge in [0, 0.05) is 32.0 Å². The number of benzene rings is 1. The molecule has 0 saturated carbocycles. The molecule has 1 aliphatic heterocycles. The number of carbonyl (C=O) groups is 1. The van der Waals surface area contributed by atoms with Gasteiger partial charge in [-0.2, -0.15) is 0 Å². The first-order valence-electron chi connectivity index (χ1n) is 5.64. The van der Waals surface area contributed by atoms with Crippen molar-refractivity contribution in [2.75, 3.05) is 13.1 Å². The van der Waals surface area contributed by atoms with Gasteiger partial charge in [0.15, 0.2) is 0 Å². The number of rotatable bonds is 2. The standard InChI is InChI=1S/C13H16FNO/c1-10-8-15(6-5-13(10)16)9-11-3-2-4-12(14)7-11/h2-4,7,10H,5-6,8-9H2,1H3. The van der Waals surface area contributed by atoms with Crippen molar-refractivity contribution in [2.24, 2.45) is 5.92 Å². The topological polar surface area (TPSA) is 20.3 Å². The molecule has 0 aromatic heterocycles. The van der Waals surface area contributed by atoms with E-state index in [1.165, 1.54) is 6.07 Å². The van der Waals surface area contributed by atoms with E-state index in [1.807, 2.05) is 13.0 Å². The van der Waals surface area contributed by atoms with E-state index in [4.69, 9.17) is 0 Å². The molecule has 0 bridgehead atoms. The van der Waals surface area contributed by atoms with Crippen LogP contribution in [0.5, 0.6) is 0 Å². The van der Waals surface area contributed by atoms with Crippen molar-refractivity contribution >= 4 is 5.78 Å². The summed E-state index contributed by atoms with van der Waals surface area (Å²) < 4.78 is 13.0. The van der Waals surface area contributed by atoms with Crippen LogP contribution in [-0.4, -0.2) is 23.8 Å². The summed E-state index contributed by atoms with van der Waals surface area (Å²) in [5.41, 5.74) is 0.974. The number of nitrogens with zero attached hydrogens (tertiary/aromatic N) is 1. The van der Waals surface area contributed by atoms with E-state index in [2.05, 4.69) is 4.90 Å². The van der Waals surface area contributed by atoms with Gasteiger partial charge < -0.3 is 0 Å². The first kappa shape index (κ1) is 11.3. The average molecular weight is 221 g/mol. The lowest BCUT2D eigenvalue weighted by molar-refractivity contribution is -0.125.